The van der Waals surface area contributed by atoms with E-state index in [0.717, 1.165) is 18.3 Å². The molecule has 2 rings (SSSR count). The van der Waals surface area contributed by atoms with Gasteiger partial charge >= 0.3 is 12.0 Å². The molecule has 0 aliphatic heterocycles. The number of imidazole rings is 1. The molecule has 0 atom stereocenters. The molecule has 0 saturated carbocycles. The lowest BCUT2D eigenvalue weighted by Crippen LogP contribution is -2.04. The van der Waals surface area contributed by atoms with Gasteiger partial charge in [-0.3, -0.25) is 0 Å². The van der Waals surface area contributed by atoms with Crippen LogP contribution in [-0.2, 0) is 13.2 Å². The molecule has 0 fully saturated rings. The SMILES string of the molecule is Cn1c([N+](=O)[O-])cnc1-c1ccc(C(F)(F)F)cc1. The Balaban J connectivity index is 2.41. The highest BCUT2D eigenvalue weighted by molar-refractivity contribution is 5.58. The lowest BCUT2D eigenvalue weighted by atomic mass is 10.1. The fraction of sp³-hybridized carbons (Fsp3) is 0.182. The Morgan fingerprint density at radius 1 is 1.26 bits per heavy atom. The summed E-state index contributed by atoms with van der Waals surface area (Å²) in [4.78, 5) is 13.9. The number of nitro groups is 1. The molecule has 0 spiro atoms. The van der Waals surface area contributed by atoms with Crippen molar-refractivity contribution in [2.75, 3.05) is 0 Å². The molecule has 0 bridgehead atoms. The highest BCUT2D eigenvalue weighted by atomic mass is 19.4. The number of alkyl halides is 3. The van der Waals surface area contributed by atoms with Crippen molar-refractivity contribution in [1.82, 2.24) is 9.55 Å². The maximum Gasteiger partial charge on any atom is 0.416 e. The van der Waals surface area contributed by atoms with E-state index in [1.807, 2.05) is 0 Å². The summed E-state index contributed by atoms with van der Waals surface area (Å²) in [6, 6.07) is 4.29. The summed E-state index contributed by atoms with van der Waals surface area (Å²) < 4.78 is 38.4. The minimum atomic E-state index is -4.41. The molecule has 2 aromatic rings. The largest absolute Gasteiger partial charge is 0.416 e. The molecular weight excluding hydrogens is 263 g/mol. The first kappa shape index (κ1) is 13.1. The molecule has 0 amide bonds. The minimum Gasteiger partial charge on any atom is -0.358 e. The van der Waals surface area contributed by atoms with Crippen molar-refractivity contribution in [3.8, 4) is 11.4 Å². The smallest absolute Gasteiger partial charge is 0.358 e. The standard InChI is InChI=1S/C11H8F3N3O2/c1-16-9(17(18)19)6-15-10(16)7-2-4-8(5-3-7)11(12,13)14/h2-6H,1H3. The number of aromatic nitrogens is 2. The van der Waals surface area contributed by atoms with Gasteiger partial charge in [0.25, 0.3) is 0 Å². The van der Waals surface area contributed by atoms with Crippen molar-refractivity contribution in [2.24, 2.45) is 7.05 Å². The van der Waals surface area contributed by atoms with Gasteiger partial charge in [-0.1, -0.05) is 0 Å². The summed E-state index contributed by atoms with van der Waals surface area (Å²) in [6.45, 7) is 0. The van der Waals surface area contributed by atoms with Crippen LogP contribution in [0.4, 0.5) is 19.0 Å². The van der Waals surface area contributed by atoms with Crippen LogP contribution in [0.25, 0.3) is 11.4 Å². The van der Waals surface area contributed by atoms with E-state index in [-0.39, 0.29) is 11.6 Å². The second kappa shape index (κ2) is 4.38. The quantitative estimate of drug-likeness (QED) is 0.623. The lowest BCUT2D eigenvalue weighted by molar-refractivity contribution is -0.391. The van der Waals surface area contributed by atoms with E-state index in [9.17, 15) is 23.3 Å². The topological polar surface area (TPSA) is 61.0 Å². The minimum absolute atomic E-state index is 0.227. The van der Waals surface area contributed by atoms with Crippen LogP contribution in [0.1, 0.15) is 5.56 Å². The van der Waals surface area contributed by atoms with Gasteiger partial charge in [0.1, 0.15) is 6.20 Å². The predicted molar refractivity (Wildman–Crippen MR) is 60.3 cm³/mol. The van der Waals surface area contributed by atoms with Crippen LogP contribution in [0.2, 0.25) is 0 Å². The Hall–Kier alpha value is -2.38. The summed E-state index contributed by atoms with van der Waals surface area (Å²) >= 11 is 0. The van der Waals surface area contributed by atoms with Gasteiger partial charge in [-0.15, -0.1) is 0 Å². The zero-order chi connectivity index (χ0) is 14.2. The number of rotatable bonds is 2. The number of halogens is 3. The average molecular weight is 271 g/mol. The van der Waals surface area contributed by atoms with E-state index in [1.54, 1.807) is 0 Å². The molecule has 0 aliphatic carbocycles. The Bertz CT molecular complexity index is 617. The maximum atomic E-state index is 12.4. The van der Waals surface area contributed by atoms with E-state index in [0.29, 0.717) is 5.56 Å². The molecule has 0 aliphatic rings. The Morgan fingerprint density at radius 3 is 2.26 bits per heavy atom. The van der Waals surface area contributed by atoms with Crippen molar-refractivity contribution in [3.05, 3.63) is 46.1 Å². The van der Waals surface area contributed by atoms with E-state index < -0.39 is 16.7 Å². The molecular formula is C11H8F3N3O2. The highest BCUT2D eigenvalue weighted by Gasteiger charge is 2.30. The zero-order valence-corrected chi connectivity index (χ0v) is 9.68. The summed E-state index contributed by atoms with van der Waals surface area (Å²) in [5.74, 6) is 0.00956. The van der Waals surface area contributed by atoms with Crippen molar-refractivity contribution in [3.63, 3.8) is 0 Å². The number of hydrogen-bond acceptors (Lipinski definition) is 3. The van der Waals surface area contributed by atoms with Crippen LogP contribution in [0.5, 0.6) is 0 Å². The van der Waals surface area contributed by atoms with Crippen LogP contribution < -0.4 is 0 Å². The van der Waals surface area contributed by atoms with Gasteiger partial charge in [0, 0.05) is 5.56 Å². The third-order valence-corrected chi connectivity index (χ3v) is 2.62. The van der Waals surface area contributed by atoms with E-state index >= 15 is 0 Å². The fourth-order valence-electron chi connectivity index (χ4n) is 1.65. The third-order valence-electron chi connectivity index (χ3n) is 2.62. The van der Waals surface area contributed by atoms with Gasteiger partial charge in [0.15, 0.2) is 0 Å². The van der Waals surface area contributed by atoms with Gasteiger partial charge in [-0.25, -0.2) is 9.55 Å². The Morgan fingerprint density at radius 2 is 1.84 bits per heavy atom. The average Bonchev–Trinajstić information content (AvgIpc) is 2.70. The molecule has 0 radical (unpaired) electrons. The summed E-state index contributed by atoms with van der Waals surface area (Å²) in [5.41, 5.74) is -0.399. The first-order valence-electron chi connectivity index (χ1n) is 5.14. The summed E-state index contributed by atoms with van der Waals surface area (Å²) in [7, 11) is 1.43. The molecule has 100 valence electrons. The van der Waals surface area contributed by atoms with Gasteiger partial charge in [0.2, 0.25) is 5.82 Å². The second-order valence-electron chi connectivity index (χ2n) is 3.83. The highest BCUT2D eigenvalue weighted by Crippen LogP contribution is 2.31. The van der Waals surface area contributed by atoms with Gasteiger partial charge in [-0.05, 0) is 29.2 Å². The Labute approximate surface area is 105 Å². The number of nitrogens with zero attached hydrogens (tertiary/aromatic N) is 3. The first-order chi connectivity index (χ1) is 8.80. The van der Waals surface area contributed by atoms with Crippen LogP contribution in [0.3, 0.4) is 0 Å². The van der Waals surface area contributed by atoms with Crippen molar-refractivity contribution in [2.45, 2.75) is 6.18 Å². The van der Waals surface area contributed by atoms with E-state index in [2.05, 4.69) is 4.98 Å². The molecule has 1 heterocycles. The molecule has 5 nitrogen and oxygen atoms in total. The maximum absolute atomic E-state index is 12.4. The lowest BCUT2D eigenvalue weighted by Gasteiger charge is -2.06. The number of hydrogen-bond donors (Lipinski definition) is 0. The van der Waals surface area contributed by atoms with Crippen molar-refractivity contribution >= 4 is 5.82 Å². The summed E-state index contributed by atoms with van der Waals surface area (Å²) in [5, 5.41) is 10.6. The molecule has 0 N–H and O–H groups in total. The van der Waals surface area contributed by atoms with Crippen molar-refractivity contribution < 1.29 is 18.1 Å². The molecule has 1 aromatic heterocycles. The molecule has 19 heavy (non-hydrogen) atoms. The Kier molecular flexibility index (Phi) is 3.01. The third kappa shape index (κ3) is 2.42. The van der Waals surface area contributed by atoms with E-state index in [1.165, 1.54) is 23.7 Å². The van der Waals surface area contributed by atoms with Crippen LogP contribution in [0.15, 0.2) is 30.5 Å². The molecule has 0 unspecified atom stereocenters. The van der Waals surface area contributed by atoms with E-state index in [4.69, 9.17) is 0 Å². The van der Waals surface area contributed by atoms with Gasteiger partial charge < -0.3 is 10.1 Å². The van der Waals surface area contributed by atoms with Gasteiger partial charge in [-0.2, -0.15) is 13.2 Å². The fourth-order valence-corrected chi connectivity index (χ4v) is 1.65. The normalized spacial score (nSPS) is 11.6. The zero-order valence-electron chi connectivity index (χ0n) is 9.68. The molecule has 1 aromatic carbocycles. The monoisotopic (exact) mass is 271 g/mol. The summed E-state index contributed by atoms with van der Waals surface area (Å²) in [6.07, 6.45) is -3.35. The van der Waals surface area contributed by atoms with Crippen LogP contribution in [-0.4, -0.2) is 14.5 Å². The van der Waals surface area contributed by atoms with Crippen molar-refractivity contribution in [1.29, 1.82) is 0 Å². The first-order valence-corrected chi connectivity index (χ1v) is 5.14. The molecule has 8 heteroatoms. The number of benzene rings is 1. The predicted octanol–water partition coefficient (Wildman–Crippen LogP) is 3.01. The van der Waals surface area contributed by atoms with Crippen LogP contribution in [0, 0.1) is 10.1 Å². The second-order valence-corrected chi connectivity index (χ2v) is 3.83. The van der Waals surface area contributed by atoms with Crippen LogP contribution >= 0.6 is 0 Å². The molecule has 0 saturated heterocycles. The van der Waals surface area contributed by atoms with Gasteiger partial charge in [0.05, 0.1) is 12.6 Å².